The molecule has 0 unspecified atom stereocenters. The van der Waals surface area contributed by atoms with Crippen molar-refractivity contribution in [2.45, 2.75) is 26.4 Å². The zero-order valence-electron chi connectivity index (χ0n) is 14.4. The second-order valence-electron chi connectivity index (χ2n) is 6.46. The van der Waals surface area contributed by atoms with Crippen molar-refractivity contribution in [2.24, 2.45) is 0 Å². The highest BCUT2D eigenvalue weighted by molar-refractivity contribution is 7.80. The zero-order valence-corrected chi connectivity index (χ0v) is 15.2. The Kier molecular flexibility index (Phi) is 4.55. The van der Waals surface area contributed by atoms with Gasteiger partial charge in [-0.1, -0.05) is 18.2 Å². The molecule has 0 saturated heterocycles. The maximum absolute atomic E-state index is 9.77. The van der Waals surface area contributed by atoms with E-state index in [1.807, 2.05) is 51.1 Å². The lowest BCUT2D eigenvalue weighted by Crippen LogP contribution is -2.41. The van der Waals surface area contributed by atoms with E-state index in [1.165, 1.54) is 0 Å². The van der Waals surface area contributed by atoms with E-state index in [0.717, 1.165) is 22.5 Å². The summed E-state index contributed by atoms with van der Waals surface area (Å²) in [5.41, 5.74) is 9.24. The van der Waals surface area contributed by atoms with Gasteiger partial charge in [0.05, 0.1) is 5.70 Å². The Balaban J connectivity index is 1.74. The number of phenols is 1. The molecule has 2 aromatic rings. The van der Waals surface area contributed by atoms with E-state index >= 15 is 0 Å². The predicted octanol–water partition coefficient (Wildman–Crippen LogP) is 3.70. The molecule has 1 aliphatic rings. The molecule has 2 aromatic carbocycles. The van der Waals surface area contributed by atoms with Gasteiger partial charge < -0.3 is 15.2 Å². The molecule has 0 aromatic heterocycles. The molecule has 1 aliphatic heterocycles. The van der Waals surface area contributed by atoms with E-state index in [4.69, 9.17) is 17.0 Å². The number of anilines is 1. The molecule has 4 N–H and O–H groups in total. The molecular weight excluding hydrogens is 334 g/mol. The highest BCUT2D eigenvalue weighted by Crippen LogP contribution is 2.36. The maximum Gasteiger partial charge on any atom is 0.189 e. The number of para-hydroxylation sites is 1. The fourth-order valence-electron chi connectivity index (χ4n) is 2.65. The fourth-order valence-corrected chi connectivity index (χ4v) is 2.81. The molecule has 0 spiro atoms. The molecule has 3 rings (SSSR count). The first-order valence-electron chi connectivity index (χ1n) is 7.98. The quantitative estimate of drug-likeness (QED) is 0.497. The minimum Gasteiger partial charge on any atom is -0.508 e. The molecule has 0 atom stereocenters. The van der Waals surface area contributed by atoms with Crippen molar-refractivity contribution in [3.63, 3.8) is 0 Å². The topological polar surface area (TPSA) is 65.5 Å². The van der Waals surface area contributed by atoms with Gasteiger partial charge in [0.2, 0.25) is 0 Å². The summed E-state index contributed by atoms with van der Waals surface area (Å²) in [4.78, 5) is 0. The van der Waals surface area contributed by atoms with E-state index in [-0.39, 0.29) is 5.75 Å². The average Bonchev–Trinajstić information content (AvgIpc) is 2.55. The summed E-state index contributed by atoms with van der Waals surface area (Å²) in [5, 5.41) is 13.4. The Morgan fingerprint density at radius 1 is 1.16 bits per heavy atom. The Bertz CT molecular complexity index is 846. The number of fused-ring (bicyclic) bond motifs is 1. The molecular formula is C19H21N3O2S. The standard InChI is InChI=1S/C19H21N3O2S/c1-12-6-4-5-7-15(12)20-18(25)22-21-16-11-19(2,3)24-17-9-8-13(23)10-14(16)17/h4-11,21,23H,1-3H3,(H2,20,22,25). The van der Waals surface area contributed by atoms with Gasteiger partial charge in [-0.05, 0) is 68.9 Å². The van der Waals surface area contributed by atoms with E-state index in [0.29, 0.717) is 10.9 Å². The fraction of sp³-hybridized carbons (Fsp3) is 0.211. The number of hydrazine groups is 1. The van der Waals surface area contributed by atoms with Crippen LogP contribution in [0.15, 0.2) is 48.5 Å². The predicted molar refractivity (Wildman–Crippen MR) is 104 cm³/mol. The second-order valence-corrected chi connectivity index (χ2v) is 6.87. The third kappa shape index (κ3) is 4.03. The molecule has 25 heavy (non-hydrogen) atoms. The monoisotopic (exact) mass is 355 g/mol. The number of benzene rings is 2. The van der Waals surface area contributed by atoms with E-state index < -0.39 is 5.60 Å². The molecule has 0 aliphatic carbocycles. The van der Waals surface area contributed by atoms with Gasteiger partial charge in [0.15, 0.2) is 5.11 Å². The van der Waals surface area contributed by atoms with Crippen LogP contribution in [0.2, 0.25) is 0 Å². The van der Waals surface area contributed by atoms with Crippen molar-refractivity contribution in [2.75, 3.05) is 5.32 Å². The maximum atomic E-state index is 9.77. The molecule has 0 fully saturated rings. The van der Waals surface area contributed by atoms with Gasteiger partial charge in [0.1, 0.15) is 17.1 Å². The number of nitrogens with one attached hydrogen (secondary N) is 3. The highest BCUT2D eigenvalue weighted by atomic mass is 32.1. The summed E-state index contributed by atoms with van der Waals surface area (Å²) in [6.07, 6.45) is 1.94. The summed E-state index contributed by atoms with van der Waals surface area (Å²) < 4.78 is 5.92. The van der Waals surface area contributed by atoms with Crippen LogP contribution < -0.4 is 20.9 Å². The van der Waals surface area contributed by atoms with Crippen LogP contribution in [0.4, 0.5) is 5.69 Å². The third-order valence-electron chi connectivity index (χ3n) is 3.82. The van der Waals surface area contributed by atoms with Crippen LogP contribution >= 0.6 is 12.2 Å². The summed E-state index contributed by atoms with van der Waals surface area (Å²) in [7, 11) is 0. The number of hydrogen-bond donors (Lipinski definition) is 4. The molecule has 5 nitrogen and oxygen atoms in total. The molecule has 130 valence electrons. The smallest absolute Gasteiger partial charge is 0.189 e. The van der Waals surface area contributed by atoms with E-state index in [9.17, 15) is 5.11 Å². The van der Waals surface area contributed by atoms with Crippen LogP contribution in [0.5, 0.6) is 11.5 Å². The molecule has 0 saturated carbocycles. The van der Waals surface area contributed by atoms with Crippen molar-refractivity contribution < 1.29 is 9.84 Å². The number of aryl methyl sites for hydroxylation is 1. The largest absolute Gasteiger partial charge is 0.508 e. The number of rotatable bonds is 3. The number of ether oxygens (including phenoxy) is 1. The van der Waals surface area contributed by atoms with Gasteiger partial charge >= 0.3 is 0 Å². The SMILES string of the molecule is Cc1ccccc1NC(=S)NNC1=CC(C)(C)Oc2ccc(O)cc21. The number of hydrogen-bond acceptors (Lipinski definition) is 4. The minimum atomic E-state index is -0.473. The molecule has 0 bridgehead atoms. The normalized spacial score (nSPS) is 14.6. The highest BCUT2D eigenvalue weighted by Gasteiger charge is 2.27. The number of phenolic OH excluding ortho intramolecular Hbond substituents is 1. The van der Waals surface area contributed by atoms with Crippen LogP contribution in [-0.4, -0.2) is 15.8 Å². The molecule has 1 heterocycles. The van der Waals surface area contributed by atoms with E-state index in [1.54, 1.807) is 18.2 Å². The van der Waals surface area contributed by atoms with Gasteiger partial charge in [-0.2, -0.15) is 0 Å². The molecule has 0 radical (unpaired) electrons. The molecule has 0 amide bonds. The Morgan fingerprint density at radius 2 is 1.92 bits per heavy atom. The van der Waals surface area contributed by atoms with Gasteiger partial charge in [0.25, 0.3) is 0 Å². The van der Waals surface area contributed by atoms with Gasteiger partial charge in [-0.15, -0.1) is 0 Å². The number of aromatic hydroxyl groups is 1. The van der Waals surface area contributed by atoms with Gasteiger partial charge in [0, 0.05) is 11.3 Å². The van der Waals surface area contributed by atoms with Crippen LogP contribution in [0.3, 0.4) is 0 Å². The van der Waals surface area contributed by atoms with Crippen molar-refractivity contribution in [3.05, 3.63) is 59.7 Å². The first kappa shape index (κ1) is 17.1. The van der Waals surface area contributed by atoms with Crippen molar-refractivity contribution >= 4 is 28.7 Å². The summed E-state index contributed by atoms with van der Waals surface area (Å²) >= 11 is 5.35. The van der Waals surface area contributed by atoms with Gasteiger partial charge in [-0.3, -0.25) is 10.9 Å². The van der Waals surface area contributed by atoms with Crippen LogP contribution in [0.1, 0.15) is 25.0 Å². The lowest BCUT2D eigenvalue weighted by Gasteiger charge is -2.31. The minimum absolute atomic E-state index is 0.176. The van der Waals surface area contributed by atoms with Crippen LogP contribution in [0, 0.1) is 6.92 Å². The van der Waals surface area contributed by atoms with E-state index in [2.05, 4.69) is 16.2 Å². The van der Waals surface area contributed by atoms with Crippen molar-refractivity contribution in [1.29, 1.82) is 0 Å². The Morgan fingerprint density at radius 3 is 2.68 bits per heavy atom. The van der Waals surface area contributed by atoms with Crippen molar-refractivity contribution in [1.82, 2.24) is 10.9 Å². The zero-order chi connectivity index (χ0) is 18.0. The van der Waals surface area contributed by atoms with Gasteiger partial charge in [-0.25, -0.2) is 0 Å². The Hall–Kier alpha value is -2.73. The lowest BCUT2D eigenvalue weighted by atomic mass is 9.99. The first-order chi connectivity index (χ1) is 11.8. The summed E-state index contributed by atoms with van der Waals surface area (Å²) in [6.45, 7) is 5.95. The third-order valence-corrected chi connectivity index (χ3v) is 4.03. The summed E-state index contributed by atoms with van der Waals surface area (Å²) in [6, 6.07) is 12.9. The first-order valence-corrected chi connectivity index (χ1v) is 8.39. The Labute approximate surface area is 152 Å². The lowest BCUT2D eigenvalue weighted by molar-refractivity contribution is 0.157. The average molecular weight is 355 g/mol. The van der Waals surface area contributed by atoms with Crippen LogP contribution in [-0.2, 0) is 0 Å². The molecule has 6 heteroatoms. The second kappa shape index (κ2) is 6.64. The number of thiocarbonyl (C=S) groups is 1. The van der Waals surface area contributed by atoms with Crippen LogP contribution in [0.25, 0.3) is 5.70 Å². The van der Waals surface area contributed by atoms with Crippen molar-refractivity contribution in [3.8, 4) is 11.5 Å². The summed E-state index contributed by atoms with van der Waals surface area (Å²) in [5.74, 6) is 0.878.